The van der Waals surface area contributed by atoms with Gasteiger partial charge in [-0.1, -0.05) is 0 Å². The number of aromatic amines is 1. The second-order valence-corrected chi connectivity index (χ2v) is 8.70. The first-order chi connectivity index (χ1) is 16.0. The van der Waals surface area contributed by atoms with Gasteiger partial charge in [-0.3, -0.25) is 19.2 Å². The van der Waals surface area contributed by atoms with Gasteiger partial charge in [0.05, 0.1) is 34.9 Å². The number of halogens is 1. The summed E-state index contributed by atoms with van der Waals surface area (Å²) in [5.41, 5.74) is 3.12. The molecule has 3 aromatic heterocycles. The van der Waals surface area contributed by atoms with E-state index < -0.39 is 5.82 Å². The molecule has 1 amide bonds. The van der Waals surface area contributed by atoms with Gasteiger partial charge in [-0.2, -0.15) is 5.10 Å². The summed E-state index contributed by atoms with van der Waals surface area (Å²) in [6.45, 7) is 3.65. The summed E-state index contributed by atoms with van der Waals surface area (Å²) in [5, 5.41) is 5.93. The number of hydrogen-bond donors (Lipinski definition) is 1. The molecule has 8 nitrogen and oxygen atoms in total. The fourth-order valence-corrected chi connectivity index (χ4v) is 5.01. The SMILES string of the molecule is Cc1cc2c(cc1C(=O)N1CCc3cc(F)cnc31)[nH]c(=O)c1cnn(C3CCOCC3)c12. The largest absolute Gasteiger partial charge is 0.381 e. The average molecular weight is 447 g/mol. The molecule has 1 aromatic carbocycles. The van der Waals surface area contributed by atoms with Crippen molar-refractivity contribution in [1.82, 2.24) is 19.7 Å². The molecule has 1 saturated heterocycles. The molecule has 0 spiro atoms. The number of carbonyl (C=O) groups is 1. The van der Waals surface area contributed by atoms with Crippen LogP contribution in [0.3, 0.4) is 0 Å². The lowest BCUT2D eigenvalue weighted by molar-refractivity contribution is 0.0675. The summed E-state index contributed by atoms with van der Waals surface area (Å²) in [4.78, 5) is 34.9. The van der Waals surface area contributed by atoms with Gasteiger partial charge in [0.25, 0.3) is 11.5 Å². The van der Waals surface area contributed by atoms with Gasteiger partial charge in [-0.05, 0) is 55.5 Å². The number of pyridine rings is 2. The number of nitrogens with zero attached hydrogens (tertiary/aromatic N) is 4. The smallest absolute Gasteiger partial charge is 0.259 e. The van der Waals surface area contributed by atoms with Crippen LogP contribution in [-0.4, -0.2) is 45.4 Å². The van der Waals surface area contributed by atoms with E-state index in [0.29, 0.717) is 48.5 Å². The van der Waals surface area contributed by atoms with Gasteiger partial charge >= 0.3 is 0 Å². The fraction of sp³-hybridized carbons (Fsp3) is 0.333. The molecule has 1 N–H and O–H groups in total. The Hall–Kier alpha value is -3.59. The summed E-state index contributed by atoms with van der Waals surface area (Å²) in [6, 6.07) is 5.26. The van der Waals surface area contributed by atoms with Crippen LogP contribution in [0.25, 0.3) is 21.8 Å². The fourth-order valence-electron chi connectivity index (χ4n) is 5.01. The van der Waals surface area contributed by atoms with E-state index in [2.05, 4.69) is 15.1 Å². The van der Waals surface area contributed by atoms with Crippen molar-refractivity contribution >= 4 is 33.5 Å². The minimum absolute atomic E-state index is 0.162. The maximum atomic E-state index is 13.5. The van der Waals surface area contributed by atoms with Gasteiger partial charge in [0.2, 0.25) is 0 Å². The summed E-state index contributed by atoms with van der Waals surface area (Å²) < 4.78 is 21.0. The van der Waals surface area contributed by atoms with Crippen LogP contribution in [0, 0.1) is 12.7 Å². The lowest BCUT2D eigenvalue weighted by Crippen LogP contribution is -2.30. The molecule has 0 bridgehead atoms. The van der Waals surface area contributed by atoms with Crippen molar-refractivity contribution in [3.8, 4) is 0 Å². The van der Waals surface area contributed by atoms with Crippen LogP contribution < -0.4 is 10.5 Å². The lowest BCUT2D eigenvalue weighted by Gasteiger charge is -2.23. The number of H-pyrrole nitrogens is 1. The minimum atomic E-state index is -0.410. The van der Waals surface area contributed by atoms with Crippen LogP contribution in [0.15, 0.2) is 35.4 Å². The zero-order valence-corrected chi connectivity index (χ0v) is 18.1. The third kappa shape index (κ3) is 3.14. The number of fused-ring (bicyclic) bond motifs is 4. The summed E-state index contributed by atoms with van der Waals surface area (Å²) in [5.74, 6) is -0.138. The van der Waals surface area contributed by atoms with Crippen LogP contribution in [0.2, 0.25) is 0 Å². The van der Waals surface area contributed by atoms with Crippen LogP contribution in [0.5, 0.6) is 0 Å². The molecular weight excluding hydrogens is 425 g/mol. The Morgan fingerprint density at radius 3 is 2.82 bits per heavy atom. The van der Waals surface area contributed by atoms with Crippen molar-refractivity contribution in [1.29, 1.82) is 0 Å². The molecule has 0 radical (unpaired) electrons. The molecule has 2 aliphatic rings. The molecule has 4 aromatic rings. The normalized spacial score (nSPS) is 16.6. The molecule has 6 rings (SSSR count). The number of aromatic nitrogens is 4. The topological polar surface area (TPSA) is 93.1 Å². The quantitative estimate of drug-likeness (QED) is 0.509. The first-order valence-corrected chi connectivity index (χ1v) is 11.1. The second kappa shape index (κ2) is 7.48. The van der Waals surface area contributed by atoms with Crippen molar-refractivity contribution in [3.05, 3.63) is 63.5 Å². The minimum Gasteiger partial charge on any atom is -0.381 e. The van der Waals surface area contributed by atoms with E-state index in [1.54, 1.807) is 17.2 Å². The average Bonchev–Trinajstić information content (AvgIpc) is 3.44. The van der Waals surface area contributed by atoms with Gasteiger partial charge < -0.3 is 9.72 Å². The molecule has 0 saturated carbocycles. The predicted molar refractivity (Wildman–Crippen MR) is 121 cm³/mol. The molecule has 0 unspecified atom stereocenters. The molecule has 0 aliphatic carbocycles. The van der Waals surface area contributed by atoms with Crippen LogP contribution >= 0.6 is 0 Å². The summed E-state index contributed by atoms with van der Waals surface area (Å²) in [6.07, 6.45) is 4.97. The van der Waals surface area contributed by atoms with E-state index >= 15 is 0 Å². The predicted octanol–water partition coefficient (Wildman–Crippen LogP) is 3.27. The Morgan fingerprint density at radius 2 is 2.00 bits per heavy atom. The zero-order valence-electron chi connectivity index (χ0n) is 18.1. The van der Waals surface area contributed by atoms with Crippen molar-refractivity contribution in [2.45, 2.75) is 32.2 Å². The molecule has 9 heteroatoms. The standard InChI is InChI=1S/C24H22FN5O3/c1-13-8-18-20(10-17(13)24(32)29-5-2-14-9-15(25)11-26-22(14)29)28-23(31)19-12-27-30(21(18)19)16-3-6-33-7-4-16/h8-12,16H,2-7H2,1H3,(H,28,31). The first kappa shape index (κ1) is 20.0. The number of benzene rings is 1. The maximum Gasteiger partial charge on any atom is 0.259 e. The van der Waals surface area contributed by atoms with Gasteiger partial charge in [-0.15, -0.1) is 0 Å². The van der Waals surface area contributed by atoms with Gasteiger partial charge in [0.15, 0.2) is 0 Å². The Balaban J connectivity index is 1.48. The Labute approximate surface area is 188 Å². The number of rotatable bonds is 2. The summed E-state index contributed by atoms with van der Waals surface area (Å²) >= 11 is 0. The highest BCUT2D eigenvalue weighted by molar-refractivity contribution is 6.11. The zero-order chi connectivity index (χ0) is 22.7. The molecule has 33 heavy (non-hydrogen) atoms. The number of ether oxygens (including phenoxy) is 1. The van der Waals surface area contributed by atoms with E-state index in [1.165, 1.54) is 6.07 Å². The second-order valence-electron chi connectivity index (χ2n) is 8.70. The summed E-state index contributed by atoms with van der Waals surface area (Å²) in [7, 11) is 0. The van der Waals surface area contributed by atoms with E-state index in [-0.39, 0.29) is 17.5 Å². The number of anilines is 1. The van der Waals surface area contributed by atoms with Crippen molar-refractivity contribution in [2.75, 3.05) is 24.7 Å². The Bertz CT molecular complexity index is 1490. The van der Waals surface area contributed by atoms with E-state index in [4.69, 9.17) is 4.74 Å². The van der Waals surface area contributed by atoms with E-state index in [9.17, 15) is 14.0 Å². The lowest BCUT2D eigenvalue weighted by atomic mass is 10.0. The number of nitrogens with one attached hydrogen (secondary N) is 1. The van der Waals surface area contributed by atoms with Crippen molar-refractivity contribution < 1.29 is 13.9 Å². The maximum absolute atomic E-state index is 13.5. The van der Waals surface area contributed by atoms with E-state index in [0.717, 1.165) is 41.1 Å². The number of aryl methyl sites for hydroxylation is 1. The van der Waals surface area contributed by atoms with E-state index in [1.807, 2.05) is 17.7 Å². The van der Waals surface area contributed by atoms with Gasteiger partial charge in [0, 0.05) is 30.7 Å². The molecular formula is C24H22FN5O3. The van der Waals surface area contributed by atoms with Crippen LogP contribution in [0.1, 0.15) is 40.4 Å². The third-order valence-electron chi connectivity index (χ3n) is 6.69. The number of amides is 1. The highest BCUT2D eigenvalue weighted by Gasteiger charge is 2.29. The number of carbonyl (C=O) groups excluding carboxylic acids is 1. The molecule has 2 aliphatic heterocycles. The van der Waals surface area contributed by atoms with Crippen LogP contribution in [0.4, 0.5) is 10.2 Å². The monoisotopic (exact) mass is 447 g/mol. The van der Waals surface area contributed by atoms with Crippen molar-refractivity contribution in [2.24, 2.45) is 0 Å². The van der Waals surface area contributed by atoms with Crippen LogP contribution in [-0.2, 0) is 11.2 Å². The van der Waals surface area contributed by atoms with Gasteiger partial charge in [0.1, 0.15) is 11.6 Å². The molecule has 5 heterocycles. The molecule has 168 valence electrons. The van der Waals surface area contributed by atoms with Gasteiger partial charge in [-0.25, -0.2) is 9.37 Å². The van der Waals surface area contributed by atoms with Crippen molar-refractivity contribution in [3.63, 3.8) is 0 Å². The highest BCUT2D eigenvalue weighted by atomic mass is 19.1. The third-order valence-corrected chi connectivity index (χ3v) is 6.69. The Morgan fingerprint density at radius 1 is 1.18 bits per heavy atom. The first-order valence-electron chi connectivity index (χ1n) is 11.1. The highest BCUT2D eigenvalue weighted by Crippen LogP contribution is 2.32. The Kier molecular flexibility index (Phi) is 4.55. The number of hydrogen-bond acceptors (Lipinski definition) is 5. The molecule has 0 atom stereocenters. The molecule has 1 fully saturated rings.